The second-order valence-electron chi connectivity index (χ2n) is 2.71. The monoisotopic (exact) mass is 266 g/mol. The van der Waals surface area contributed by atoms with Crippen LogP contribution in [0.5, 0.6) is 0 Å². The van der Waals surface area contributed by atoms with E-state index in [-0.39, 0.29) is 22.6 Å². The van der Waals surface area contributed by atoms with Crippen molar-refractivity contribution in [1.29, 1.82) is 0 Å². The number of rotatable bonds is 1. The minimum atomic E-state index is -2.27. The number of allylic oxidation sites excluding steroid dienone is 9. The molecule has 2 aliphatic carbocycles. The zero-order valence-electron chi connectivity index (χ0n) is 8.18. The molecular weight excluding hydrogens is 257 g/mol. The molecule has 0 aromatic rings. The van der Waals surface area contributed by atoms with Crippen molar-refractivity contribution in [3.63, 3.8) is 0 Å². The molecule has 0 spiro atoms. The van der Waals surface area contributed by atoms with Gasteiger partial charge in [-0.2, -0.15) is 8.78 Å². The fourth-order valence-corrected chi connectivity index (χ4v) is 0.950. The molecule has 0 saturated carbocycles. The van der Waals surface area contributed by atoms with Crippen LogP contribution in [0.15, 0.2) is 60.0 Å². The first-order valence-electron chi connectivity index (χ1n) is 4.31. The van der Waals surface area contributed by atoms with Crippen LogP contribution >= 0.6 is 0 Å². The van der Waals surface area contributed by atoms with Crippen molar-refractivity contribution in [2.24, 2.45) is 0 Å². The Kier molecular flexibility index (Phi) is 7.69. The van der Waals surface area contributed by atoms with Crippen LogP contribution in [-0.4, -0.2) is 0 Å². The van der Waals surface area contributed by atoms with Crippen LogP contribution in [0.2, 0.25) is 0 Å². The summed E-state index contributed by atoms with van der Waals surface area (Å²) in [6.45, 7) is 0. The Morgan fingerprint density at radius 3 is 1.75 bits per heavy atom. The second-order valence-corrected chi connectivity index (χ2v) is 2.71. The molecule has 0 saturated heterocycles. The molecule has 2 rings (SSSR count). The molecule has 0 amide bonds. The predicted octanol–water partition coefficient (Wildman–Crippen LogP) is 4.08. The van der Waals surface area contributed by atoms with Gasteiger partial charge in [0.1, 0.15) is 0 Å². The van der Waals surface area contributed by atoms with Gasteiger partial charge in [-0.15, -0.1) is 0 Å². The minimum absolute atomic E-state index is 0. The molecule has 0 fully saturated rings. The maximum absolute atomic E-state index is 12.2. The summed E-state index contributed by atoms with van der Waals surface area (Å²) in [7, 11) is 0. The number of halogens is 3. The smallest absolute Gasteiger partial charge is 0.200 e. The van der Waals surface area contributed by atoms with Gasteiger partial charge >= 0.3 is 6.08 Å². The summed E-state index contributed by atoms with van der Waals surface area (Å²) in [5, 5.41) is 0. The molecule has 0 bridgehead atoms. The molecule has 2 radical (unpaired) electrons. The van der Waals surface area contributed by atoms with E-state index in [0.29, 0.717) is 0 Å². The summed E-state index contributed by atoms with van der Waals surface area (Å²) >= 11 is 0. The van der Waals surface area contributed by atoms with E-state index in [1.165, 1.54) is 24.6 Å². The van der Waals surface area contributed by atoms with Crippen LogP contribution in [0.4, 0.5) is 13.2 Å². The molecule has 4 heteroatoms. The number of hydrogen-bond donors (Lipinski definition) is 0. The Hall–Kier alpha value is -0.991. The van der Waals surface area contributed by atoms with Gasteiger partial charge in [0.15, 0.2) is 5.83 Å². The van der Waals surface area contributed by atoms with E-state index in [2.05, 4.69) is 0 Å². The third-order valence-electron chi connectivity index (χ3n) is 1.64. The number of hydrogen-bond acceptors (Lipinski definition) is 0. The molecule has 2 aliphatic rings. The van der Waals surface area contributed by atoms with Crippen molar-refractivity contribution in [3.8, 4) is 0 Å². The van der Waals surface area contributed by atoms with Crippen LogP contribution in [0.1, 0.15) is 0 Å². The molecule has 0 aromatic carbocycles. The quantitative estimate of drug-likeness (QED) is 0.627. The van der Waals surface area contributed by atoms with Gasteiger partial charge in [0, 0.05) is 35.5 Å². The molecule has 0 nitrogen and oxygen atoms in total. The second kappa shape index (κ2) is 8.20. The molecule has 0 heterocycles. The Labute approximate surface area is 103 Å². The largest absolute Gasteiger partial charge is 0.306 e. The van der Waals surface area contributed by atoms with E-state index < -0.39 is 11.9 Å². The molecule has 16 heavy (non-hydrogen) atoms. The van der Waals surface area contributed by atoms with Gasteiger partial charge in [-0.25, -0.2) is 4.39 Å². The van der Waals surface area contributed by atoms with Gasteiger partial charge in [0.2, 0.25) is 0 Å². The maximum Gasteiger partial charge on any atom is 0.306 e. The Bertz CT molecular complexity index is 348. The van der Waals surface area contributed by atoms with Crippen molar-refractivity contribution in [2.45, 2.75) is 0 Å². The fourth-order valence-electron chi connectivity index (χ4n) is 0.950. The molecular formula is C12H9F3Fe. The van der Waals surface area contributed by atoms with Gasteiger partial charge < -0.3 is 0 Å². The summed E-state index contributed by atoms with van der Waals surface area (Å²) in [6, 6.07) is 0. The molecule has 86 valence electrons. The summed E-state index contributed by atoms with van der Waals surface area (Å²) < 4.78 is 35.2. The average Bonchev–Trinajstić information content (AvgIpc) is 2.92. The van der Waals surface area contributed by atoms with Gasteiger partial charge in [0.05, 0.1) is 0 Å². The summed E-state index contributed by atoms with van der Waals surface area (Å²) in [5.41, 5.74) is -0.0694. The fraction of sp³-hybridized carbons (Fsp3) is 0. The van der Waals surface area contributed by atoms with Gasteiger partial charge in [-0.3, -0.25) is 0 Å². The average molecular weight is 266 g/mol. The predicted molar refractivity (Wildman–Crippen MR) is 54.5 cm³/mol. The normalized spacial score (nSPS) is 15.1. The van der Waals surface area contributed by atoms with Crippen molar-refractivity contribution in [1.82, 2.24) is 0 Å². The Morgan fingerprint density at radius 1 is 0.812 bits per heavy atom. The van der Waals surface area contributed by atoms with Crippen LogP contribution in [0.3, 0.4) is 0 Å². The first-order chi connectivity index (χ1) is 7.22. The van der Waals surface area contributed by atoms with Crippen molar-refractivity contribution >= 4 is 0 Å². The van der Waals surface area contributed by atoms with Crippen molar-refractivity contribution in [2.75, 3.05) is 0 Å². The van der Waals surface area contributed by atoms with E-state index in [9.17, 15) is 13.2 Å². The SMILES string of the molecule is FC(F)=C(F)C1=C[CH]C=C1.[CH]1C=CC=C1.[Fe]. The zero-order valence-corrected chi connectivity index (χ0v) is 9.29. The maximum atomic E-state index is 12.2. The van der Waals surface area contributed by atoms with Gasteiger partial charge in [-0.05, 0) is 0 Å². The van der Waals surface area contributed by atoms with E-state index >= 15 is 0 Å². The molecule has 0 unspecified atom stereocenters. The summed E-state index contributed by atoms with van der Waals surface area (Å²) in [5.74, 6) is -1.44. The van der Waals surface area contributed by atoms with Crippen molar-refractivity contribution < 1.29 is 30.2 Å². The first-order valence-corrected chi connectivity index (χ1v) is 4.31. The minimum Gasteiger partial charge on any atom is -0.200 e. The Balaban J connectivity index is 0.000000318. The first kappa shape index (κ1) is 15.0. The van der Waals surface area contributed by atoms with E-state index in [0.717, 1.165) is 0 Å². The molecule has 0 aliphatic heterocycles. The standard InChI is InChI=1S/C7H4F3.C5H5.Fe/c8-6(7(9)10)5-3-1-2-4-5;1-2-4-5-3-1;/h1-4H;1-5H;. The van der Waals surface area contributed by atoms with Crippen molar-refractivity contribution in [3.05, 3.63) is 72.9 Å². The van der Waals surface area contributed by atoms with E-state index in [1.54, 1.807) is 0 Å². The zero-order chi connectivity index (χ0) is 11.1. The van der Waals surface area contributed by atoms with Gasteiger partial charge in [-0.1, -0.05) is 42.5 Å². The summed E-state index contributed by atoms with van der Waals surface area (Å²) in [4.78, 5) is 0. The molecule has 0 aromatic heterocycles. The van der Waals surface area contributed by atoms with Gasteiger partial charge in [0.25, 0.3) is 0 Å². The van der Waals surface area contributed by atoms with Crippen LogP contribution in [0, 0.1) is 12.8 Å². The Morgan fingerprint density at radius 2 is 1.44 bits per heavy atom. The van der Waals surface area contributed by atoms with Crippen LogP contribution in [-0.2, 0) is 17.1 Å². The van der Waals surface area contributed by atoms with Crippen LogP contribution in [0.25, 0.3) is 0 Å². The summed E-state index contributed by atoms with van der Waals surface area (Å²) in [6.07, 6.45) is 13.3. The molecule has 0 N–H and O–H groups in total. The topological polar surface area (TPSA) is 0 Å². The van der Waals surface area contributed by atoms with Crippen LogP contribution < -0.4 is 0 Å². The molecule has 0 atom stereocenters. The van der Waals surface area contributed by atoms with E-state index in [1.807, 2.05) is 30.7 Å². The van der Waals surface area contributed by atoms with E-state index in [4.69, 9.17) is 0 Å². The third kappa shape index (κ3) is 5.19. The third-order valence-corrected chi connectivity index (χ3v) is 1.64.